The van der Waals surface area contributed by atoms with Crippen molar-refractivity contribution in [2.24, 2.45) is 5.10 Å². The van der Waals surface area contributed by atoms with Crippen molar-refractivity contribution in [2.75, 3.05) is 13.7 Å². The Balaban J connectivity index is 1.30. The van der Waals surface area contributed by atoms with Gasteiger partial charge in [0, 0.05) is 5.56 Å². The average Bonchev–Trinajstić information content (AvgIpc) is 3.00. The number of rotatable bonds is 12. The van der Waals surface area contributed by atoms with Crippen LogP contribution in [-0.4, -0.2) is 31.8 Å². The normalized spacial score (nSPS) is 10.7. The molecule has 0 unspecified atom stereocenters. The van der Waals surface area contributed by atoms with Crippen molar-refractivity contribution >= 4 is 18.1 Å². The lowest BCUT2D eigenvalue weighted by molar-refractivity contribution is 0.0729. The highest BCUT2D eigenvalue weighted by molar-refractivity contribution is 5.95. The number of esters is 1. The van der Waals surface area contributed by atoms with E-state index in [2.05, 4.69) is 10.5 Å². The monoisotopic (exact) mass is 538 g/mol. The Morgan fingerprint density at radius 1 is 0.800 bits per heavy atom. The molecule has 0 aromatic heterocycles. The zero-order chi connectivity index (χ0) is 28.2. The number of methoxy groups -OCH3 is 1. The summed E-state index contributed by atoms with van der Waals surface area (Å²) in [6.07, 6.45) is 2.37. The van der Waals surface area contributed by atoms with Crippen molar-refractivity contribution in [1.82, 2.24) is 5.43 Å². The Morgan fingerprint density at radius 3 is 2.15 bits per heavy atom. The molecule has 1 amide bonds. The standard InChI is InChI=1S/C32H30N2O6/c1-3-19-38-27-16-12-26(13-17-27)32(36)40-29-18-9-24(20-30(29)37-2)21-33-34-31(35)25-10-14-28(15-11-25)39-22-23-7-5-4-6-8-23/h4-18,20-21H,3,19,22H2,1-2H3,(H,34,35)/b33-21+. The highest BCUT2D eigenvalue weighted by atomic mass is 16.6. The van der Waals surface area contributed by atoms with Crippen molar-refractivity contribution in [3.63, 3.8) is 0 Å². The lowest BCUT2D eigenvalue weighted by Crippen LogP contribution is -2.17. The molecular formula is C32H30N2O6. The van der Waals surface area contributed by atoms with Gasteiger partial charge in [0.05, 0.1) is 25.5 Å². The van der Waals surface area contributed by atoms with E-state index < -0.39 is 5.97 Å². The third-order valence-electron chi connectivity index (χ3n) is 5.70. The molecule has 8 heteroatoms. The molecule has 0 fully saturated rings. The number of hydrogen-bond acceptors (Lipinski definition) is 7. The van der Waals surface area contributed by atoms with E-state index in [-0.39, 0.29) is 11.7 Å². The predicted molar refractivity (Wildman–Crippen MR) is 152 cm³/mol. The fourth-order valence-corrected chi connectivity index (χ4v) is 3.59. The van der Waals surface area contributed by atoms with E-state index in [1.54, 1.807) is 66.7 Å². The van der Waals surface area contributed by atoms with Crippen LogP contribution in [0.25, 0.3) is 0 Å². The van der Waals surface area contributed by atoms with Gasteiger partial charge in [-0.1, -0.05) is 37.3 Å². The predicted octanol–water partition coefficient (Wildman–Crippen LogP) is 6.05. The fraction of sp³-hybridized carbons (Fsp3) is 0.156. The molecular weight excluding hydrogens is 508 g/mol. The van der Waals surface area contributed by atoms with E-state index in [9.17, 15) is 9.59 Å². The molecule has 0 aliphatic carbocycles. The first-order valence-electron chi connectivity index (χ1n) is 12.8. The Bertz CT molecular complexity index is 1430. The number of carbonyl (C=O) groups is 2. The van der Waals surface area contributed by atoms with Crippen LogP contribution in [0.3, 0.4) is 0 Å². The van der Waals surface area contributed by atoms with Gasteiger partial charge in [-0.15, -0.1) is 0 Å². The maximum atomic E-state index is 12.6. The zero-order valence-electron chi connectivity index (χ0n) is 22.3. The van der Waals surface area contributed by atoms with Gasteiger partial charge in [0.2, 0.25) is 0 Å². The maximum Gasteiger partial charge on any atom is 0.343 e. The second kappa shape index (κ2) is 14.2. The first-order chi connectivity index (χ1) is 19.6. The summed E-state index contributed by atoms with van der Waals surface area (Å²) in [6.45, 7) is 3.08. The van der Waals surface area contributed by atoms with Gasteiger partial charge in [-0.2, -0.15) is 5.10 Å². The van der Waals surface area contributed by atoms with Gasteiger partial charge in [-0.3, -0.25) is 4.79 Å². The number of nitrogens with one attached hydrogen (secondary N) is 1. The summed E-state index contributed by atoms with van der Waals surface area (Å²) < 4.78 is 22.2. The van der Waals surface area contributed by atoms with Gasteiger partial charge in [-0.05, 0) is 84.3 Å². The van der Waals surface area contributed by atoms with Gasteiger partial charge in [0.25, 0.3) is 5.91 Å². The molecule has 0 bridgehead atoms. The summed E-state index contributed by atoms with van der Waals surface area (Å²) >= 11 is 0. The summed E-state index contributed by atoms with van der Waals surface area (Å²) in [4.78, 5) is 25.1. The van der Waals surface area contributed by atoms with Crippen molar-refractivity contribution in [1.29, 1.82) is 0 Å². The van der Waals surface area contributed by atoms with Crippen LogP contribution in [0.1, 0.15) is 45.2 Å². The molecule has 204 valence electrons. The largest absolute Gasteiger partial charge is 0.494 e. The Labute approximate surface area is 233 Å². The quantitative estimate of drug-likeness (QED) is 0.102. The molecule has 0 heterocycles. The number of amides is 1. The second-order valence-corrected chi connectivity index (χ2v) is 8.67. The lowest BCUT2D eigenvalue weighted by Gasteiger charge is -2.10. The van der Waals surface area contributed by atoms with Crippen LogP contribution < -0.4 is 24.4 Å². The smallest absolute Gasteiger partial charge is 0.343 e. The van der Waals surface area contributed by atoms with Crippen molar-refractivity contribution in [2.45, 2.75) is 20.0 Å². The number of hydrogen-bond donors (Lipinski definition) is 1. The number of nitrogens with zero attached hydrogens (tertiary/aromatic N) is 1. The minimum absolute atomic E-state index is 0.259. The second-order valence-electron chi connectivity index (χ2n) is 8.67. The highest BCUT2D eigenvalue weighted by Crippen LogP contribution is 2.28. The van der Waals surface area contributed by atoms with Crippen LogP contribution >= 0.6 is 0 Å². The first-order valence-corrected chi connectivity index (χ1v) is 12.8. The molecule has 0 spiro atoms. The van der Waals surface area contributed by atoms with Crippen LogP contribution in [0, 0.1) is 0 Å². The van der Waals surface area contributed by atoms with E-state index in [4.69, 9.17) is 18.9 Å². The molecule has 0 radical (unpaired) electrons. The maximum absolute atomic E-state index is 12.6. The van der Waals surface area contributed by atoms with Crippen LogP contribution in [0.15, 0.2) is 102 Å². The molecule has 0 aliphatic rings. The Morgan fingerprint density at radius 2 is 1.48 bits per heavy atom. The number of ether oxygens (including phenoxy) is 4. The molecule has 8 nitrogen and oxygen atoms in total. The van der Waals surface area contributed by atoms with Gasteiger partial charge in [0.1, 0.15) is 18.1 Å². The average molecular weight is 539 g/mol. The molecule has 4 aromatic carbocycles. The van der Waals surface area contributed by atoms with E-state index in [0.29, 0.717) is 47.2 Å². The topological polar surface area (TPSA) is 95.5 Å². The molecule has 4 aromatic rings. The van der Waals surface area contributed by atoms with Gasteiger partial charge >= 0.3 is 5.97 Å². The van der Waals surface area contributed by atoms with Gasteiger partial charge < -0.3 is 18.9 Å². The van der Waals surface area contributed by atoms with Crippen molar-refractivity contribution < 1.29 is 28.5 Å². The fourth-order valence-electron chi connectivity index (χ4n) is 3.59. The summed E-state index contributed by atoms with van der Waals surface area (Å²) in [6, 6.07) is 28.4. The van der Waals surface area contributed by atoms with Crippen LogP contribution in [0.2, 0.25) is 0 Å². The van der Waals surface area contributed by atoms with Crippen molar-refractivity contribution in [3.05, 3.63) is 119 Å². The molecule has 0 atom stereocenters. The number of hydrazone groups is 1. The van der Waals surface area contributed by atoms with Crippen LogP contribution in [-0.2, 0) is 6.61 Å². The molecule has 0 saturated heterocycles. The highest BCUT2D eigenvalue weighted by Gasteiger charge is 2.13. The number of benzene rings is 4. The van der Waals surface area contributed by atoms with E-state index in [1.165, 1.54) is 13.3 Å². The van der Waals surface area contributed by atoms with E-state index >= 15 is 0 Å². The van der Waals surface area contributed by atoms with Crippen molar-refractivity contribution in [3.8, 4) is 23.0 Å². The Kier molecular flexibility index (Phi) is 9.88. The molecule has 1 N–H and O–H groups in total. The zero-order valence-corrected chi connectivity index (χ0v) is 22.3. The summed E-state index contributed by atoms with van der Waals surface area (Å²) in [5.41, 5.74) is 5.02. The first kappa shape index (κ1) is 27.9. The van der Waals surface area contributed by atoms with Gasteiger partial charge in [0.15, 0.2) is 11.5 Å². The third-order valence-corrected chi connectivity index (χ3v) is 5.70. The lowest BCUT2D eigenvalue weighted by atomic mass is 10.2. The number of carbonyl (C=O) groups excluding carboxylic acids is 2. The van der Waals surface area contributed by atoms with E-state index in [0.717, 1.165) is 12.0 Å². The molecule has 0 saturated carbocycles. The SMILES string of the molecule is CCCOc1ccc(C(=O)Oc2ccc(/C=N/NC(=O)c3ccc(OCc4ccccc4)cc3)cc2OC)cc1. The molecule has 40 heavy (non-hydrogen) atoms. The van der Waals surface area contributed by atoms with E-state index in [1.807, 2.05) is 37.3 Å². The summed E-state index contributed by atoms with van der Waals surface area (Å²) in [7, 11) is 1.47. The minimum atomic E-state index is -0.523. The van der Waals surface area contributed by atoms with Gasteiger partial charge in [-0.25, -0.2) is 10.2 Å². The summed E-state index contributed by atoms with van der Waals surface area (Å²) in [5.74, 6) is 1.07. The minimum Gasteiger partial charge on any atom is -0.494 e. The van der Waals surface area contributed by atoms with Crippen LogP contribution in [0.4, 0.5) is 0 Å². The summed E-state index contributed by atoms with van der Waals surface area (Å²) in [5, 5.41) is 4.03. The molecule has 4 rings (SSSR count). The third kappa shape index (κ3) is 7.94. The Hall–Kier alpha value is -5.11. The van der Waals surface area contributed by atoms with Crippen LogP contribution in [0.5, 0.6) is 23.0 Å². The molecule has 0 aliphatic heterocycles.